The molecule has 0 aromatic heterocycles. The van der Waals surface area contributed by atoms with Gasteiger partial charge in [0.25, 0.3) is 5.91 Å². The maximum atomic E-state index is 13.0. The van der Waals surface area contributed by atoms with E-state index in [0.717, 1.165) is 19.3 Å². The van der Waals surface area contributed by atoms with Gasteiger partial charge in [-0.1, -0.05) is 25.8 Å². The summed E-state index contributed by atoms with van der Waals surface area (Å²) in [4.78, 5) is 11.9. The van der Waals surface area contributed by atoms with E-state index < -0.39 is 0 Å². The van der Waals surface area contributed by atoms with Crippen molar-refractivity contribution in [2.45, 2.75) is 38.6 Å². The summed E-state index contributed by atoms with van der Waals surface area (Å²) in [6.07, 6.45) is 4.47. The van der Waals surface area contributed by atoms with Gasteiger partial charge in [-0.2, -0.15) is 0 Å². The largest absolute Gasteiger partial charge is 0.349 e. The topological polar surface area (TPSA) is 29.1 Å². The van der Waals surface area contributed by atoms with Crippen LogP contribution in [0.5, 0.6) is 0 Å². The van der Waals surface area contributed by atoms with Gasteiger partial charge in [0, 0.05) is 11.6 Å². The first-order valence-electron chi connectivity index (χ1n) is 6.21. The molecular weight excluding hydrogens is 217 g/mol. The lowest BCUT2D eigenvalue weighted by Gasteiger charge is -2.27. The van der Waals surface area contributed by atoms with Crippen molar-refractivity contribution >= 4 is 5.91 Å². The van der Waals surface area contributed by atoms with Gasteiger partial charge in [-0.3, -0.25) is 4.79 Å². The molecule has 3 heteroatoms. The standard InChI is InChI=1S/C14H18FNO/c1-10-4-2-7-13(8-10)16-14(17)11-5-3-6-12(15)9-11/h3,5-6,9-10,13H,2,4,7-8H2,1H3,(H,16,17). The number of halogens is 1. The highest BCUT2D eigenvalue weighted by atomic mass is 19.1. The number of hydrogen-bond acceptors (Lipinski definition) is 1. The molecule has 1 aliphatic carbocycles. The molecule has 1 N–H and O–H groups in total. The number of benzene rings is 1. The Hall–Kier alpha value is -1.38. The van der Waals surface area contributed by atoms with Crippen molar-refractivity contribution in [1.82, 2.24) is 5.32 Å². The van der Waals surface area contributed by atoms with Crippen LogP contribution in [-0.2, 0) is 0 Å². The summed E-state index contributed by atoms with van der Waals surface area (Å²) in [5.74, 6) is 0.139. The van der Waals surface area contributed by atoms with E-state index in [4.69, 9.17) is 0 Å². The van der Waals surface area contributed by atoms with Crippen molar-refractivity contribution in [3.8, 4) is 0 Å². The summed E-state index contributed by atoms with van der Waals surface area (Å²) < 4.78 is 13.0. The van der Waals surface area contributed by atoms with E-state index in [1.54, 1.807) is 12.1 Å². The third kappa shape index (κ3) is 3.29. The Balaban J connectivity index is 1.97. The molecule has 1 aliphatic rings. The number of rotatable bonds is 2. The molecule has 0 aliphatic heterocycles. The zero-order valence-electron chi connectivity index (χ0n) is 10.1. The van der Waals surface area contributed by atoms with Gasteiger partial charge >= 0.3 is 0 Å². The third-order valence-corrected chi connectivity index (χ3v) is 3.36. The Kier molecular flexibility index (Phi) is 3.77. The minimum atomic E-state index is -0.366. The van der Waals surface area contributed by atoms with Gasteiger partial charge in [-0.15, -0.1) is 0 Å². The van der Waals surface area contributed by atoms with Crippen LogP contribution in [0, 0.1) is 11.7 Å². The fraction of sp³-hybridized carbons (Fsp3) is 0.500. The van der Waals surface area contributed by atoms with E-state index in [1.165, 1.54) is 18.6 Å². The second-order valence-electron chi connectivity index (χ2n) is 4.95. The summed E-state index contributed by atoms with van der Waals surface area (Å²) in [5, 5.41) is 2.99. The van der Waals surface area contributed by atoms with Crippen molar-refractivity contribution in [2.24, 2.45) is 5.92 Å². The van der Waals surface area contributed by atoms with E-state index in [0.29, 0.717) is 11.5 Å². The monoisotopic (exact) mass is 235 g/mol. The Morgan fingerprint density at radius 3 is 2.94 bits per heavy atom. The van der Waals surface area contributed by atoms with Crippen LogP contribution in [0.4, 0.5) is 4.39 Å². The van der Waals surface area contributed by atoms with Crippen LogP contribution < -0.4 is 5.32 Å². The summed E-state index contributed by atoms with van der Waals surface area (Å²) in [6, 6.07) is 6.08. The zero-order valence-corrected chi connectivity index (χ0v) is 10.1. The third-order valence-electron chi connectivity index (χ3n) is 3.36. The summed E-state index contributed by atoms with van der Waals surface area (Å²) in [7, 11) is 0. The van der Waals surface area contributed by atoms with Crippen molar-refractivity contribution in [2.75, 3.05) is 0 Å². The fourth-order valence-electron chi connectivity index (χ4n) is 2.46. The van der Waals surface area contributed by atoms with E-state index in [1.807, 2.05) is 0 Å². The second kappa shape index (κ2) is 5.30. The first kappa shape index (κ1) is 12.1. The highest BCUT2D eigenvalue weighted by Crippen LogP contribution is 2.23. The molecule has 1 fully saturated rings. The first-order valence-corrected chi connectivity index (χ1v) is 6.21. The average Bonchev–Trinajstić information content (AvgIpc) is 2.29. The van der Waals surface area contributed by atoms with Gasteiger partial charge in [0.1, 0.15) is 5.82 Å². The zero-order chi connectivity index (χ0) is 12.3. The molecule has 1 aromatic rings. The average molecular weight is 235 g/mol. The number of amides is 1. The van der Waals surface area contributed by atoms with Crippen LogP contribution in [0.25, 0.3) is 0 Å². The number of hydrogen-bond donors (Lipinski definition) is 1. The molecule has 1 amide bonds. The van der Waals surface area contributed by atoms with E-state index in [2.05, 4.69) is 12.2 Å². The van der Waals surface area contributed by atoms with E-state index >= 15 is 0 Å². The Morgan fingerprint density at radius 2 is 2.24 bits per heavy atom. The highest BCUT2D eigenvalue weighted by Gasteiger charge is 2.20. The normalized spacial score (nSPS) is 24.4. The molecule has 1 saturated carbocycles. The van der Waals surface area contributed by atoms with Gasteiger partial charge in [0.15, 0.2) is 0 Å². The predicted molar refractivity (Wildman–Crippen MR) is 65.3 cm³/mol. The number of nitrogens with one attached hydrogen (secondary N) is 1. The first-order chi connectivity index (χ1) is 8.15. The smallest absolute Gasteiger partial charge is 0.251 e. The van der Waals surface area contributed by atoms with Gasteiger partial charge in [0.05, 0.1) is 0 Å². The quantitative estimate of drug-likeness (QED) is 0.838. The summed E-state index contributed by atoms with van der Waals surface area (Å²) >= 11 is 0. The highest BCUT2D eigenvalue weighted by molar-refractivity contribution is 5.94. The maximum Gasteiger partial charge on any atom is 0.251 e. The van der Waals surface area contributed by atoms with Gasteiger partial charge < -0.3 is 5.32 Å². The van der Waals surface area contributed by atoms with Gasteiger partial charge in [-0.25, -0.2) is 4.39 Å². The minimum absolute atomic E-state index is 0.163. The Labute approximate surface area is 101 Å². The van der Waals surface area contributed by atoms with Crippen LogP contribution in [0.1, 0.15) is 43.0 Å². The SMILES string of the molecule is CC1CCCC(NC(=O)c2cccc(F)c2)C1. The molecule has 0 saturated heterocycles. The molecule has 17 heavy (non-hydrogen) atoms. The van der Waals surface area contributed by atoms with Crippen LogP contribution >= 0.6 is 0 Å². The van der Waals surface area contributed by atoms with Crippen molar-refractivity contribution in [3.05, 3.63) is 35.6 Å². The predicted octanol–water partition coefficient (Wildman–Crippen LogP) is 3.13. The van der Waals surface area contributed by atoms with Crippen LogP contribution in [0.3, 0.4) is 0 Å². The molecule has 0 spiro atoms. The lowest BCUT2D eigenvalue weighted by molar-refractivity contribution is 0.0921. The molecule has 92 valence electrons. The van der Waals surface area contributed by atoms with E-state index in [-0.39, 0.29) is 17.8 Å². The minimum Gasteiger partial charge on any atom is -0.349 e. The fourth-order valence-corrected chi connectivity index (χ4v) is 2.46. The van der Waals surface area contributed by atoms with Gasteiger partial charge in [-0.05, 0) is 37.0 Å². The van der Waals surface area contributed by atoms with Crippen molar-refractivity contribution in [1.29, 1.82) is 0 Å². The summed E-state index contributed by atoms with van der Waals surface area (Å²) in [5.41, 5.74) is 0.406. The second-order valence-corrected chi connectivity index (χ2v) is 4.95. The van der Waals surface area contributed by atoms with Crippen LogP contribution in [0.15, 0.2) is 24.3 Å². The van der Waals surface area contributed by atoms with Crippen molar-refractivity contribution < 1.29 is 9.18 Å². The lowest BCUT2D eigenvalue weighted by atomic mass is 9.87. The molecule has 2 unspecified atom stereocenters. The van der Waals surface area contributed by atoms with Gasteiger partial charge in [0.2, 0.25) is 0 Å². The van der Waals surface area contributed by atoms with Crippen LogP contribution in [0.2, 0.25) is 0 Å². The molecule has 0 bridgehead atoms. The molecule has 1 aromatic carbocycles. The molecule has 2 atom stereocenters. The summed E-state index contributed by atoms with van der Waals surface area (Å²) in [6.45, 7) is 2.21. The van der Waals surface area contributed by atoms with Crippen molar-refractivity contribution in [3.63, 3.8) is 0 Å². The molecule has 0 heterocycles. The molecule has 0 radical (unpaired) electrons. The van der Waals surface area contributed by atoms with Crippen LogP contribution in [-0.4, -0.2) is 11.9 Å². The lowest BCUT2D eigenvalue weighted by Crippen LogP contribution is -2.37. The molecular formula is C14H18FNO. The number of carbonyl (C=O) groups is 1. The maximum absolute atomic E-state index is 13.0. The molecule has 2 rings (SSSR count). The Morgan fingerprint density at radius 1 is 1.41 bits per heavy atom. The Bertz CT molecular complexity index is 405. The molecule has 2 nitrogen and oxygen atoms in total. The number of carbonyl (C=O) groups excluding carboxylic acids is 1. The van der Waals surface area contributed by atoms with E-state index in [9.17, 15) is 9.18 Å².